The predicted molar refractivity (Wildman–Crippen MR) is 204 cm³/mol. The maximum atomic E-state index is 13.6. The molecule has 4 heterocycles. The first kappa shape index (κ1) is 36.4. The molecule has 11 heteroatoms. The Bertz CT molecular complexity index is 1820. The highest BCUT2D eigenvalue weighted by molar-refractivity contribution is 7.90. The Labute approximate surface area is 314 Å². The Morgan fingerprint density at radius 3 is 2.58 bits per heavy atom. The lowest BCUT2D eigenvalue weighted by atomic mass is 9.63. The summed E-state index contributed by atoms with van der Waals surface area (Å²) in [5.41, 5.74) is 2.98. The number of ether oxygens (including phenoxy) is 3. The molecular weight excluding hydrogens is 698 g/mol. The number of likely N-dealkylation sites (tertiary alicyclic amines) is 1. The quantitative estimate of drug-likeness (QED) is 0.354. The molecular formula is C41H54ClN3O6S. The van der Waals surface area contributed by atoms with E-state index in [1.807, 2.05) is 32.2 Å². The lowest BCUT2D eigenvalue weighted by Crippen LogP contribution is -2.59. The molecule has 0 unspecified atom stereocenters. The topological polar surface area (TPSA) is 97.4 Å². The van der Waals surface area contributed by atoms with Crippen LogP contribution < -0.4 is 14.4 Å². The maximum Gasteiger partial charge on any atom is 0.264 e. The number of hydrogen-bond acceptors (Lipinski definition) is 8. The van der Waals surface area contributed by atoms with Crippen LogP contribution in [0.15, 0.2) is 48.6 Å². The predicted octanol–water partition coefficient (Wildman–Crippen LogP) is 6.52. The summed E-state index contributed by atoms with van der Waals surface area (Å²) >= 11 is 6.50. The van der Waals surface area contributed by atoms with Crippen molar-refractivity contribution in [2.45, 2.75) is 93.5 Å². The molecule has 9 nitrogen and oxygen atoms in total. The van der Waals surface area contributed by atoms with E-state index in [0.29, 0.717) is 24.5 Å². The molecule has 2 aromatic rings. The summed E-state index contributed by atoms with van der Waals surface area (Å²) < 4.78 is 49.0. The summed E-state index contributed by atoms with van der Waals surface area (Å²) in [7, 11) is -2.10. The van der Waals surface area contributed by atoms with Gasteiger partial charge in [-0.1, -0.05) is 36.7 Å². The molecule has 3 fully saturated rings. The number of nitrogens with zero attached hydrogens (tertiary/aromatic N) is 2. The van der Waals surface area contributed by atoms with Gasteiger partial charge in [-0.25, -0.2) is 13.1 Å². The SMILES string of the molecule is CO[C@@]1(CN2CCC3(CCO3)CC2)/C=C/C[C@H](C)[C@@H](C)S(=O)(=O)NC(=O)c2ccc3c(c2)N(C[C@@H]2CC[C@H]21)C[C@@]1(CCCc2cc(Cl)ccc21)CO3. The zero-order chi connectivity index (χ0) is 36.3. The van der Waals surface area contributed by atoms with Gasteiger partial charge in [-0.05, 0) is 124 Å². The molecule has 8 rings (SSSR count). The van der Waals surface area contributed by atoms with Crippen LogP contribution in [0.2, 0.25) is 5.02 Å². The van der Waals surface area contributed by atoms with Crippen molar-refractivity contribution >= 4 is 33.2 Å². The number of allylic oxidation sites excluding steroid dienone is 1. The van der Waals surface area contributed by atoms with Crippen molar-refractivity contribution in [2.75, 3.05) is 57.9 Å². The molecule has 6 atom stereocenters. The average Bonchev–Trinajstić information content (AvgIpc) is 3.25. The first-order chi connectivity index (χ1) is 24.9. The number of hydrogen-bond donors (Lipinski definition) is 1. The van der Waals surface area contributed by atoms with E-state index in [1.165, 1.54) is 11.1 Å². The van der Waals surface area contributed by atoms with Crippen molar-refractivity contribution < 1.29 is 27.4 Å². The number of amides is 1. The summed E-state index contributed by atoms with van der Waals surface area (Å²) in [6, 6.07) is 11.7. The molecule has 2 bridgehead atoms. The highest BCUT2D eigenvalue weighted by atomic mass is 35.5. The Hall–Kier alpha value is -2.63. The van der Waals surface area contributed by atoms with E-state index in [-0.39, 0.29) is 22.9 Å². The van der Waals surface area contributed by atoms with Gasteiger partial charge in [0.15, 0.2) is 0 Å². The van der Waals surface area contributed by atoms with Crippen LogP contribution in [0.5, 0.6) is 5.75 Å². The number of carbonyl (C=O) groups is 1. The third-order valence-corrected chi connectivity index (χ3v) is 16.0. The molecule has 0 radical (unpaired) electrons. The Kier molecular flexibility index (Phi) is 9.72. The monoisotopic (exact) mass is 751 g/mol. The smallest absolute Gasteiger partial charge is 0.264 e. The van der Waals surface area contributed by atoms with Gasteiger partial charge in [-0.3, -0.25) is 9.69 Å². The van der Waals surface area contributed by atoms with Gasteiger partial charge in [0, 0.05) is 55.8 Å². The molecule has 282 valence electrons. The third kappa shape index (κ3) is 6.58. The minimum absolute atomic E-state index is 0.0681. The van der Waals surface area contributed by atoms with Crippen molar-refractivity contribution in [3.63, 3.8) is 0 Å². The van der Waals surface area contributed by atoms with Crippen LogP contribution >= 0.6 is 11.6 Å². The number of rotatable bonds is 3. The van der Waals surface area contributed by atoms with Crippen LogP contribution in [-0.2, 0) is 31.3 Å². The number of methoxy groups -OCH3 is 1. The summed E-state index contributed by atoms with van der Waals surface area (Å²) in [6.45, 7) is 9.26. The number of carbonyl (C=O) groups excluding carboxylic acids is 1. The van der Waals surface area contributed by atoms with Crippen molar-refractivity contribution in [1.29, 1.82) is 0 Å². The molecule has 0 aromatic heterocycles. The van der Waals surface area contributed by atoms with E-state index in [2.05, 4.69) is 38.8 Å². The van der Waals surface area contributed by atoms with Crippen LogP contribution in [-0.4, -0.2) is 88.7 Å². The molecule has 2 aliphatic carbocycles. The second kappa shape index (κ2) is 13.9. The number of fused-ring (bicyclic) bond motifs is 4. The van der Waals surface area contributed by atoms with Crippen LogP contribution in [0.4, 0.5) is 5.69 Å². The van der Waals surface area contributed by atoms with Gasteiger partial charge in [-0.2, -0.15) is 0 Å². The first-order valence-electron chi connectivity index (χ1n) is 19.4. The normalized spacial score (nSPS) is 34.8. The molecule has 2 aromatic carbocycles. The maximum absolute atomic E-state index is 13.6. The van der Waals surface area contributed by atoms with Gasteiger partial charge in [-0.15, -0.1) is 0 Å². The van der Waals surface area contributed by atoms with E-state index in [9.17, 15) is 13.2 Å². The number of nitrogens with one attached hydrogen (secondary N) is 1. The van der Waals surface area contributed by atoms with Gasteiger partial charge < -0.3 is 19.1 Å². The Balaban J connectivity index is 1.18. The zero-order valence-electron chi connectivity index (χ0n) is 30.9. The fraction of sp³-hybridized carbons (Fsp3) is 0.634. The van der Waals surface area contributed by atoms with Crippen LogP contribution in [0.3, 0.4) is 0 Å². The van der Waals surface area contributed by atoms with E-state index >= 15 is 0 Å². The van der Waals surface area contributed by atoms with Gasteiger partial charge in [0.1, 0.15) is 11.4 Å². The van der Waals surface area contributed by atoms with Gasteiger partial charge in [0.2, 0.25) is 10.0 Å². The van der Waals surface area contributed by atoms with E-state index < -0.39 is 26.8 Å². The van der Waals surface area contributed by atoms with E-state index in [4.69, 9.17) is 25.8 Å². The summed E-state index contributed by atoms with van der Waals surface area (Å²) in [6.07, 6.45) is 13.3. The second-order valence-corrected chi connectivity index (χ2v) is 19.2. The molecule has 4 aliphatic heterocycles. The fourth-order valence-corrected chi connectivity index (χ4v) is 11.5. The number of aryl methyl sites for hydroxylation is 1. The largest absolute Gasteiger partial charge is 0.490 e. The van der Waals surface area contributed by atoms with Gasteiger partial charge in [0.25, 0.3) is 5.91 Å². The van der Waals surface area contributed by atoms with Gasteiger partial charge >= 0.3 is 0 Å². The van der Waals surface area contributed by atoms with Crippen LogP contribution in [0.1, 0.15) is 86.7 Å². The molecule has 6 aliphatic rings. The van der Waals surface area contributed by atoms with E-state index in [1.54, 1.807) is 13.0 Å². The number of sulfonamides is 1. The fourth-order valence-electron chi connectivity index (χ4n) is 10.1. The zero-order valence-corrected chi connectivity index (χ0v) is 32.4. The van der Waals surface area contributed by atoms with Crippen LogP contribution in [0, 0.1) is 17.8 Å². The average molecular weight is 752 g/mol. The first-order valence-corrected chi connectivity index (χ1v) is 21.3. The van der Waals surface area contributed by atoms with Gasteiger partial charge in [0.05, 0.1) is 29.8 Å². The standard InChI is InChI=1S/C41H54ClN3O6S/c1-28-6-4-15-41(49-3,26-44-19-16-40(17-20-44)18-21-51-40)35-11-8-32(35)24-45-25-39(14-5-7-30-22-33(42)10-12-34(30)39)27-50-37-13-9-31(23-36(37)45)38(46)43-52(47,48)29(28)2/h4,9-10,12-13,15,22-23,28-29,32,35H,5-8,11,14,16-21,24-27H2,1-3H3,(H,43,46)/b15-4+/t28-,29+,32-,35+,39-,41+/m0/s1. The highest BCUT2D eigenvalue weighted by Crippen LogP contribution is 2.50. The molecule has 2 saturated heterocycles. The summed E-state index contributed by atoms with van der Waals surface area (Å²) in [4.78, 5) is 18.6. The minimum atomic E-state index is -3.95. The Morgan fingerprint density at radius 2 is 1.87 bits per heavy atom. The summed E-state index contributed by atoms with van der Waals surface area (Å²) in [5.74, 6) is 0.494. The number of halogens is 1. The van der Waals surface area contributed by atoms with Crippen molar-refractivity contribution in [3.05, 3.63) is 70.3 Å². The molecule has 52 heavy (non-hydrogen) atoms. The summed E-state index contributed by atoms with van der Waals surface area (Å²) in [5, 5.41) is -0.0260. The molecule has 1 saturated carbocycles. The molecule has 1 amide bonds. The lowest BCUT2D eigenvalue weighted by molar-refractivity contribution is -0.178. The second-order valence-electron chi connectivity index (χ2n) is 16.7. The molecule has 2 spiro atoms. The van der Waals surface area contributed by atoms with E-state index in [0.717, 1.165) is 107 Å². The number of benzene rings is 2. The number of piperidine rings is 1. The third-order valence-electron chi connectivity index (χ3n) is 13.8. The minimum Gasteiger partial charge on any atom is -0.490 e. The number of anilines is 1. The lowest BCUT2D eigenvalue weighted by Gasteiger charge is -2.53. The highest BCUT2D eigenvalue weighted by Gasteiger charge is 2.51. The van der Waals surface area contributed by atoms with Crippen LogP contribution in [0.25, 0.3) is 0 Å². The molecule has 1 N–H and O–H groups in total. The Morgan fingerprint density at radius 1 is 1.06 bits per heavy atom. The van der Waals surface area contributed by atoms with Crippen molar-refractivity contribution in [1.82, 2.24) is 9.62 Å². The van der Waals surface area contributed by atoms with Crippen molar-refractivity contribution in [3.8, 4) is 5.75 Å². The van der Waals surface area contributed by atoms with Crippen molar-refractivity contribution in [2.24, 2.45) is 17.8 Å².